The van der Waals surface area contributed by atoms with Crippen molar-refractivity contribution in [2.75, 3.05) is 13.7 Å². The largest absolute Gasteiger partial charge is 0.496 e. The van der Waals surface area contributed by atoms with Gasteiger partial charge in [-0.15, -0.1) is 0 Å². The number of nitrogens with one attached hydrogen (secondary N) is 1. The molecule has 0 aliphatic heterocycles. The summed E-state index contributed by atoms with van der Waals surface area (Å²) in [6.07, 6.45) is 11.0. The molecule has 0 spiro atoms. The Hall–Kier alpha value is -1.02. The summed E-state index contributed by atoms with van der Waals surface area (Å²) in [7, 11) is 1.73. The highest BCUT2D eigenvalue weighted by Gasteiger charge is 2.00. The molecular weight excluding hydrogens is 246 g/mol. The monoisotopic (exact) mass is 277 g/mol. The molecule has 1 N–H and O–H groups in total. The lowest BCUT2D eigenvalue weighted by Gasteiger charge is -2.09. The summed E-state index contributed by atoms with van der Waals surface area (Å²) in [6.45, 7) is 4.28. The van der Waals surface area contributed by atoms with Crippen molar-refractivity contribution in [2.24, 2.45) is 0 Å². The van der Waals surface area contributed by atoms with Crippen LogP contribution in [0.15, 0.2) is 24.3 Å². The molecule has 2 nitrogen and oxygen atoms in total. The van der Waals surface area contributed by atoms with Gasteiger partial charge in [0.05, 0.1) is 7.11 Å². The molecular formula is C18H31NO. The van der Waals surface area contributed by atoms with Crippen molar-refractivity contribution in [3.05, 3.63) is 29.8 Å². The first kappa shape index (κ1) is 17.0. The topological polar surface area (TPSA) is 21.3 Å². The maximum Gasteiger partial charge on any atom is 0.123 e. The van der Waals surface area contributed by atoms with E-state index in [9.17, 15) is 0 Å². The Morgan fingerprint density at radius 1 is 0.900 bits per heavy atom. The molecule has 114 valence electrons. The average Bonchev–Trinajstić information content (AvgIpc) is 2.49. The molecule has 0 aliphatic rings. The van der Waals surface area contributed by atoms with Gasteiger partial charge in [-0.05, 0) is 19.0 Å². The van der Waals surface area contributed by atoms with Crippen LogP contribution in [0.1, 0.15) is 63.9 Å². The van der Waals surface area contributed by atoms with Crippen molar-refractivity contribution in [3.63, 3.8) is 0 Å². The predicted molar refractivity (Wildman–Crippen MR) is 87.3 cm³/mol. The number of para-hydroxylation sites is 1. The maximum atomic E-state index is 5.35. The van der Waals surface area contributed by atoms with Crippen molar-refractivity contribution >= 4 is 0 Å². The van der Waals surface area contributed by atoms with E-state index in [1.807, 2.05) is 12.1 Å². The zero-order valence-corrected chi connectivity index (χ0v) is 13.3. The van der Waals surface area contributed by atoms with Crippen molar-refractivity contribution < 1.29 is 4.74 Å². The second kappa shape index (κ2) is 11.8. The molecule has 0 saturated carbocycles. The summed E-state index contributed by atoms with van der Waals surface area (Å²) in [5.41, 5.74) is 1.24. The van der Waals surface area contributed by atoms with E-state index in [0.29, 0.717) is 0 Å². The second-order valence-corrected chi connectivity index (χ2v) is 5.46. The summed E-state index contributed by atoms with van der Waals surface area (Å²) in [5.74, 6) is 0.982. The smallest absolute Gasteiger partial charge is 0.123 e. The number of ether oxygens (including phenoxy) is 1. The summed E-state index contributed by atoms with van der Waals surface area (Å²) < 4.78 is 5.35. The lowest BCUT2D eigenvalue weighted by molar-refractivity contribution is 0.407. The van der Waals surface area contributed by atoms with Crippen LogP contribution in [0.25, 0.3) is 0 Å². The Bertz CT molecular complexity index is 338. The minimum atomic E-state index is 0.903. The first-order chi connectivity index (χ1) is 9.88. The summed E-state index contributed by atoms with van der Waals surface area (Å²) in [5, 5.41) is 3.51. The van der Waals surface area contributed by atoms with Crippen molar-refractivity contribution in [2.45, 2.75) is 64.8 Å². The van der Waals surface area contributed by atoms with Gasteiger partial charge in [-0.2, -0.15) is 0 Å². The SMILES string of the molecule is CCCCCCCCCCNCc1ccccc1OC. The molecule has 0 heterocycles. The number of methoxy groups -OCH3 is 1. The highest BCUT2D eigenvalue weighted by molar-refractivity contribution is 5.32. The number of rotatable bonds is 12. The second-order valence-electron chi connectivity index (χ2n) is 5.46. The molecule has 1 rings (SSSR count). The van der Waals surface area contributed by atoms with Gasteiger partial charge in [-0.25, -0.2) is 0 Å². The van der Waals surface area contributed by atoms with Gasteiger partial charge in [0.1, 0.15) is 5.75 Å². The zero-order chi connectivity index (χ0) is 14.5. The molecule has 1 aromatic carbocycles. The Kier molecular flexibility index (Phi) is 10.0. The lowest BCUT2D eigenvalue weighted by Crippen LogP contribution is -2.15. The molecule has 2 heteroatoms. The maximum absolute atomic E-state index is 5.35. The Labute approximate surface area is 124 Å². The molecule has 0 aromatic heterocycles. The molecule has 0 fully saturated rings. The molecule has 0 unspecified atom stereocenters. The normalized spacial score (nSPS) is 10.7. The molecule has 0 bridgehead atoms. The minimum absolute atomic E-state index is 0.903. The first-order valence-corrected chi connectivity index (χ1v) is 8.21. The number of hydrogen-bond donors (Lipinski definition) is 1. The fourth-order valence-electron chi connectivity index (χ4n) is 2.46. The van der Waals surface area contributed by atoms with E-state index in [1.165, 1.54) is 56.9 Å². The third kappa shape index (κ3) is 7.54. The fraction of sp³-hybridized carbons (Fsp3) is 0.667. The van der Waals surface area contributed by atoms with E-state index in [2.05, 4.69) is 24.4 Å². The van der Waals surface area contributed by atoms with E-state index in [1.54, 1.807) is 7.11 Å². The molecule has 0 atom stereocenters. The summed E-state index contributed by atoms with van der Waals surface area (Å²) >= 11 is 0. The third-order valence-corrected chi connectivity index (χ3v) is 3.72. The van der Waals surface area contributed by atoms with Crippen LogP contribution in [0.3, 0.4) is 0 Å². The third-order valence-electron chi connectivity index (χ3n) is 3.72. The first-order valence-electron chi connectivity index (χ1n) is 8.21. The van der Waals surface area contributed by atoms with E-state index >= 15 is 0 Å². The summed E-state index contributed by atoms with van der Waals surface area (Å²) in [4.78, 5) is 0. The zero-order valence-electron chi connectivity index (χ0n) is 13.3. The standard InChI is InChI=1S/C18H31NO/c1-3-4-5-6-7-8-9-12-15-19-16-17-13-10-11-14-18(17)20-2/h10-11,13-14,19H,3-9,12,15-16H2,1-2H3. The molecule has 0 saturated heterocycles. The predicted octanol–water partition coefficient (Wildman–Crippen LogP) is 4.93. The van der Waals surface area contributed by atoms with E-state index in [0.717, 1.165) is 18.8 Å². The van der Waals surface area contributed by atoms with Gasteiger partial charge in [-0.3, -0.25) is 0 Å². The molecule has 0 amide bonds. The van der Waals surface area contributed by atoms with Crippen LogP contribution < -0.4 is 10.1 Å². The van der Waals surface area contributed by atoms with Gasteiger partial charge in [0, 0.05) is 12.1 Å². The van der Waals surface area contributed by atoms with Crippen molar-refractivity contribution in [3.8, 4) is 5.75 Å². The van der Waals surface area contributed by atoms with Crippen LogP contribution in [-0.4, -0.2) is 13.7 Å². The van der Waals surface area contributed by atoms with Crippen LogP contribution >= 0.6 is 0 Å². The van der Waals surface area contributed by atoms with E-state index < -0.39 is 0 Å². The molecule has 20 heavy (non-hydrogen) atoms. The average molecular weight is 277 g/mol. The van der Waals surface area contributed by atoms with Crippen molar-refractivity contribution in [1.29, 1.82) is 0 Å². The van der Waals surface area contributed by atoms with Crippen LogP contribution in [0.5, 0.6) is 5.75 Å². The molecule has 1 aromatic rings. The summed E-state index contributed by atoms with van der Waals surface area (Å²) in [6, 6.07) is 8.23. The highest BCUT2D eigenvalue weighted by Crippen LogP contribution is 2.16. The van der Waals surface area contributed by atoms with Crippen LogP contribution in [0.2, 0.25) is 0 Å². The van der Waals surface area contributed by atoms with Gasteiger partial charge in [0.25, 0.3) is 0 Å². The minimum Gasteiger partial charge on any atom is -0.496 e. The quantitative estimate of drug-likeness (QED) is 0.547. The van der Waals surface area contributed by atoms with Gasteiger partial charge in [0.15, 0.2) is 0 Å². The van der Waals surface area contributed by atoms with E-state index in [4.69, 9.17) is 4.74 Å². The number of benzene rings is 1. The van der Waals surface area contributed by atoms with Gasteiger partial charge < -0.3 is 10.1 Å². The van der Waals surface area contributed by atoms with Gasteiger partial charge in [-0.1, -0.05) is 70.1 Å². The fourth-order valence-corrected chi connectivity index (χ4v) is 2.46. The lowest BCUT2D eigenvalue weighted by atomic mass is 10.1. The Balaban J connectivity index is 1.97. The molecule has 0 radical (unpaired) electrons. The van der Waals surface area contributed by atoms with E-state index in [-0.39, 0.29) is 0 Å². The van der Waals surface area contributed by atoms with Crippen molar-refractivity contribution in [1.82, 2.24) is 5.32 Å². The van der Waals surface area contributed by atoms with Gasteiger partial charge >= 0.3 is 0 Å². The van der Waals surface area contributed by atoms with Crippen LogP contribution in [0, 0.1) is 0 Å². The van der Waals surface area contributed by atoms with Crippen LogP contribution in [0.4, 0.5) is 0 Å². The Morgan fingerprint density at radius 2 is 1.55 bits per heavy atom. The molecule has 0 aliphatic carbocycles. The van der Waals surface area contributed by atoms with Crippen LogP contribution in [-0.2, 0) is 6.54 Å². The Morgan fingerprint density at radius 3 is 2.25 bits per heavy atom. The number of hydrogen-bond acceptors (Lipinski definition) is 2. The number of unbranched alkanes of at least 4 members (excludes halogenated alkanes) is 7. The van der Waals surface area contributed by atoms with Gasteiger partial charge in [0.2, 0.25) is 0 Å². The highest BCUT2D eigenvalue weighted by atomic mass is 16.5.